The summed E-state index contributed by atoms with van der Waals surface area (Å²) in [5.41, 5.74) is 1.75. The van der Waals surface area contributed by atoms with Gasteiger partial charge in [0.05, 0.1) is 5.69 Å². The molecule has 0 aliphatic carbocycles. The molecule has 2 aliphatic heterocycles. The van der Waals surface area contributed by atoms with E-state index in [-0.39, 0.29) is 18.4 Å². The second-order valence-corrected chi connectivity index (χ2v) is 7.52. The first-order chi connectivity index (χ1) is 14.1. The van der Waals surface area contributed by atoms with Crippen molar-refractivity contribution in [3.63, 3.8) is 0 Å². The van der Waals surface area contributed by atoms with Crippen molar-refractivity contribution in [1.82, 2.24) is 15.0 Å². The van der Waals surface area contributed by atoms with Crippen LogP contribution in [0.2, 0.25) is 0 Å². The van der Waals surface area contributed by atoms with Crippen LogP contribution in [0.4, 0.5) is 5.69 Å². The van der Waals surface area contributed by atoms with Crippen molar-refractivity contribution in [2.24, 2.45) is 0 Å². The van der Waals surface area contributed by atoms with Crippen LogP contribution in [0.15, 0.2) is 34.9 Å². The summed E-state index contributed by atoms with van der Waals surface area (Å²) >= 11 is 0. The van der Waals surface area contributed by atoms with Crippen LogP contribution in [0.3, 0.4) is 0 Å². The Morgan fingerprint density at radius 1 is 1.17 bits per heavy atom. The number of nitrogens with zero attached hydrogens (tertiary/aromatic N) is 4. The summed E-state index contributed by atoms with van der Waals surface area (Å²) in [6.45, 7) is 6.28. The first kappa shape index (κ1) is 19.4. The van der Waals surface area contributed by atoms with Gasteiger partial charge in [0.15, 0.2) is 6.61 Å². The molecule has 4 rings (SSSR count). The molecule has 2 fully saturated rings. The molecular formula is C21H26N4O4. The summed E-state index contributed by atoms with van der Waals surface area (Å²) in [7, 11) is 0. The fourth-order valence-corrected chi connectivity index (χ4v) is 3.78. The molecule has 0 bridgehead atoms. The molecule has 0 atom stereocenters. The molecule has 154 valence electrons. The third-order valence-corrected chi connectivity index (χ3v) is 5.35. The Morgan fingerprint density at radius 3 is 2.69 bits per heavy atom. The fourth-order valence-electron chi connectivity index (χ4n) is 3.78. The number of aromatic nitrogens is 1. The van der Waals surface area contributed by atoms with E-state index in [0.29, 0.717) is 25.3 Å². The van der Waals surface area contributed by atoms with Crippen molar-refractivity contribution in [3.8, 4) is 5.75 Å². The SMILES string of the molecule is Cc1cc(CN2CCN(C(=O)COc3cccc(N4CCCC4=O)c3)CC2)no1. The van der Waals surface area contributed by atoms with Crippen molar-refractivity contribution in [2.45, 2.75) is 26.3 Å². The largest absolute Gasteiger partial charge is 0.484 e. The number of hydrogen-bond acceptors (Lipinski definition) is 6. The van der Waals surface area contributed by atoms with Gasteiger partial charge in [0.1, 0.15) is 11.5 Å². The summed E-state index contributed by atoms with van der Waals surface area (Å²) in [4.78, 5) is 30.3. The summed E-state index contributed by atoms with van der Waals surface area (Å²) in [6, 6.07) is 9.33. The fraction of sp³-hybridized carbons (Fsp3) is 0.476. The lowest BCUT2D eigenvalue weighted by atomic mass is 10.2. The Balaban J connectivity index is 1.25. The predicted molar refractivity (Wildman–Crippen MR) is 107 cm³/mol. The van der Waals surface area contributed by atoms with Gasteiger partial charge in [-0.05, 0) is 25.5 Å². The average Bonchev–Trinajstić information content (AvgIpc) is 3.35. The summed E-state index contributed by atoms with van der Waals surface area (Å²) < 4.78 is 10.8. The van der Waals surface area contributed by atoms with Crippen LogP contribution in [-0.4, -0.2) is 66.1 Å². The zero-order chi connectivity index (χ0) is 20.2. The third-order valence-electron chi connectivity index (χ3n) is 5.35. The molecule has 2 amide bonds. The van der Waals surface area contributed by atoms with Gasteiger partial charge in [0.2, 0.25) is 5.91 Å². The maximum absolute atomic E-state index is 12.5. The van der Waals surface area contributed by atoms with Crippen molar-refractivity contribution >= 4 is 17.5 Å². The highest BCUT2D eigenvalue weighted by Gasteiger charge is 2.23. The van der Waals surface area contributed by atoms with E-state index in [2.05, 4.69) is 10.1 Å². The van der Waals surface area contributed by atoms with Crippen LogP contribution in [0.25, 0.3) is 0 Å². The van der Waals surface area contributed by atoms with Crippen LogP contribution in [-0.2, 0) is 16.1 Å². The molecular weight excluding hydrogens is 372 g/mol. The lowest BCUT2D eigenvalue weighted by Gasteiger charge is -2.34. The highest BCUT2D eigenvalue weighted by molar-refractivity contribution is 5.95. The number of carbonyl (C=O) groups is 2. The van der Waals surface area contributed by atoms with Crippen molar-refractivity contribution in [2.75, 3.05) is 44.2 Å². The minimum atomic E-state index is -0.0235. The molecule has 3 heterocycles. The number of carbonyl (C=O) groups excluding carboxylic acids is 2. The van der Waals surface area contributed by atoms with Crippen LogP contribution < -0.4 is 9.64 Å². The maximum Gasteiger partial charge on any atom is 0.260 e. The number of anilines is 1. The monoisotopic (exact) mass is 398 g/mol. The van der Waals surface area contributed by atoms with Gasteiger partial charge in [-0.25, -0.2) is 0 Å². The molecule has 0 spiro atoms. The van der Waals surface area contributed by atoms with Crippen molar-refractivity contribution < 1.29 is 18.8 Å². The van der Waals surface area contributed by atoms with Crippen LogP contribution in [0, 0.1) is 6.92 Å². The quantitative estimate of drug-likeness (QED) is 0.739. The Labute approximate surface area is 170 Å². The normalized spacial score (nSPS) is 17.8. The predicted octanol–water partition coefficient (Wildman–Crippen LogP) is 1.83. The molecule has 2 aliphatic rings. The van der Waals surface area contributed by atoms with Gasteiger partial charge in [0, 0.05) is 63.5 Å². The molecule has 1 aromatic heterocycles. The minimum absolute atomic E-state index is 0.000118. The molecule has 2 aromatic rings. The van der Waals surface area contributed by atoms with E-state index >= 15 is 0 Å². The zero-order valence-electron chi connectivity index (χ0n) is 16.7. The highest BCUT2D eigenvalue weighted by Crippen LogP contribution is 2.25. The van der Waals surface area contributed by atoms with E-state index in [0.717, 1.165) is 49.7 Å². The number of hydrogen-bond donors (Lipinski definition) is 0. The number of ether oxygens (including phenoxy) is 1. The minimum Gasteiger partial charge on any atom is -0.484 e. The van der Waals surface area contributed by atoms with Crippen molar-refractivity contribution in [1.29, 1.82) is 0 Å². The van der Waals surface area contributed by atoms with E-state index in [4.69, 9.17) is 9.26 Å². The lowest BCUT2D eigenvalue weighted by molar-refractivity contribution is -0.135. The zero-order valence-corrected chi connectivity index (χ0v) is 16.7. The summed E-state index contributed by atoms with van der Waals surface area (Å²) in [5.74, 6) is 1.53. The second-order valence-electron chi connectivity index (χ2n) is 7.52. The van der Waals surface area contributed by atoms with Crippen LogP contribution >= 0.6 is 0 Å². The van der Waals surface area contributed by atoms with Gasteiger partial charge in [-0.15, -0.1) is 0 Å². The lowest BCUT2D eigenvalue weighted by Crippen LogP contribution is -2.49. The standard InChI is InChI=1S/C21H26N4O4/c1-16-12-17(22-29-16)14-23-8-10-24(11-9-23)21(27)15-28-19-5-2-4-18(13-19)25-7-3-6-20(25)26/h2,4-5,12-13H,3,6-11,14-15H2,1H3. The summed E-state index contributed by atoms with van der Waals surface area (Å²) in [5, 5.41) is 4.03. The van der Waals surface area contributed by atoms with E-state index in [1.165, 1.54) is 0 Å². The van der Waals surface area contributed by atoms with Crippen LogP contribution in [0.1, 0.15) is 24.3 Å². The topological polar surface area (TPSA) is 79.1 Å². The van der Waals surface area contributed by atoms with Crippen molar-refractivity contribution in [3.05, 3.63) is 41.8 Å². The number of rotatable bonds is 6. The first-order valence-corrected chi connectivity index (χ1v) is 10.0. The number of benzene rings is 1. The Hall–Kier alpha value is -2.87. The Kier molecular flexibility index (Phi) is 5.80. The Bertz CT molecular complexity index is 873. The molecule has 8 heteroatoms. The molecule has 29 heavy (non-hydrogen) atoms. The van der Waals surface area contributed by atoms with E-state index < -0.39 is 0 Å². The van der Waals surface area contributed by atoms with Gasteiger partial charge >= 0.3 is 0 Å². The van der Waals surface area contributed by atoms with E-state index in [1.54, 1.807) is 4.90 Å². The smallest absolute Gasteiger partial charge is 0.260 e. The molecule has 0 saturated carbocycles. The number of aryl methyl sites for hydroxylation is 1. The van der Waals surface area contributed by atoms with Gasteiger partial charge < -0.3 is 19.1 Å². The van der Waals surface area contributed by atoms with Gasteiger partial charge in [0.25, 0.3) is 5.91 Å². The number of piperazine rings is 1. The molecule has 0 radical (unpaired) electrons. The highest BCUT2D eigenvalue weighted by atomic mass is 16.5. The molecule has 2 saturated heterocycles. The maximum atomic E-state index is 12.5. The Morgan fingerprint density at radius 2 is 2.00 bits per heavy atom. The molecule has 0 N–H and O–H groups in total. The third kappa shape index (κ3) is 4.76. The second kappa shape index (κ2) is 8.65. The molecule has 8 nitrogen and oxygen atoms in total. The first-order valence-electron chi connectivity index (χ1n) is 10.0. The van der Waals surface area contributed by atoms with Gasteiger partial charge in [-0.1, -0.05) is 11.2 Å². The van der Waals surface area contributed by atoms with Gasteiger partial charge in [-0.3, -0.25) is 14.5 Å². The molecule has 0 unspecified atom stereocenters. The summed E-state index contributed by atoms with van der Waals surface area (Å²) in [6.07, 6.45) is 1.47. The molecule has 1 aromatic carbocycles. The van der Waals surface area contributed by atoms with Crippen LogP contribution in [0.5, 0.6) is 5.75 Å². The number of amides is 2. The van der Waals surface area contributed by atoms with Gasteiger partial charge in [-0.2, -0.15) is 0 Å². The van der Waals surface area contributed by atoms with E-state index in [9.17, 15) is 9.59 Å². The van der Waals surface area contributed by atoms with E-state index in [1.807, 2.05) is 42.2 Å². The average molecular weight is 398 g/mol.